The molecule has 1 fully saturated rings. The molecule has 0 saturated carbocycles. The number of piperazine rings is 1. The Bertz CT molecular complexity index is 417. The monoisotopic (exact) mass is 278 g/mol. The second kappa shape index (κ2) is 7.99. The van der Waals surface area contributed by atoms with E-state index in [4.69, 9.17) is 9.84 Å². The molecule has 5 heteroatoms. The number of ether oxygens (including phenoxy) is 1. The molecule has 110 valence electrons. The standard InChI is InChI=1S/C15H22N2O3/c18-11-9-16-5-7-17(8-6-16)10-12-20-15-4-2-1-3-14(15)13-19/h1-4,13,18H,5-12H2. The minimum absolute atomic E-state index is 0.228. The summed E-state index contributed by atoms with van der Waals surface area (Å²) in [5.41, 5.74) is 0.597. The normalized spacial score (nSPS) is 17.1. The number of aliphatic hydroxyl groups excluding tert-OH is 1. The molecule has 0 bridgehead atoms. The first-order valence-corrected chi connectivity index (χ1v) is 7.06. The molecule has 1 aliphatic heterocycles. The van der Waals surface area contributed by atoms with Crippen molar-refractivity contribution in [1.82, 2.24) is 9.80 Å². The summed E-state index contributed by atoms with van der Waals surface area (Å²) in [4.78, 5) is 15.5. The van der Waals surface area contributed by atoms with Gasteiger partial charge >= 0.3 is 0 Å². The van der Waals surface area contributed by atoms with Crippen molar-refractivity contribution in [3.05, 3.63) is 29.8 Å². The summed E-state index contributed by atoms with van der Waals surface area (Å²) in [6, 6.07) is 7.28. The van der Waals surface area contributed by atoms with Crippen LogP contribution in [0.25, 0.3) is 0 Å². The number of carbonyl (C=O) groups excluding carboxylic acids is 1. The number of β-amino-alcohol motifs (C(OH)–C–C–N with tert-alkyl or cyclic N) is 1. The minimum atomic E-state index is 0.228. The summed E-state index contributed by atoms with van der Waals surface area (Å²) in [5, 5.41) is 8.90. The van der Waals surface area contributed by atoms with E-state index < -0.39 is 0 Å². The van der Waals surface area contributed by atoms with Crippen LogP contribution in [0.4, 0.5) is 0 Å². The number of benzene rings is 1. The average Bonchev–Trinajstić information content (AvgIpc) is 2.50. The Morgan fingerprint density at radius 3 is 2.40 bits per heavy atom. The predicted octanol–water partition coefficient (Wildman–Crippen LogP) is 0.488. The molecule has 1 heterocycles. The first kappa shape index (κ1) is 15.0. The van der Waals surface area contributed by atoms with Crippen molar-refractivity contribution in [3.8, 4) is 5.75 Å². The number of hydrogen-bond donors (Lipinski definition) is 1. The summed E-state index contributed by atoms with van der Waals surface area (Å²) in [6.45, 7) is 6.42. The van der Waals surface area contributed by atoms with Crippen LogP contribution in [0.2, 0.25) is 0 Å². The Hall–Kier alpha value is -1.43. The van der Waals surface area contributed by atoms with Gasteiger partial charge in [0.2, 0.25) is 0 Å². The Balaban J connectivity index is 1.70. The third-order valence-corrected chi connectivity index (χ3v) is 3.59. The highest BCUT2D eigenvalue weighted by Crippen LogP contribution is 2.15. The molecule has 20 heavy (non-hydrogen) atoms. The highest BCUT2D eigenvalue weighted by atomic mass is 16.5. The lowest BCUT2D eigenvalue weighted by Gasteiger charge is -2.34. The van der Waals surface area contributed by atoms with Gasteiger partial charge in [0.1, 0.15) is 12.4 Å². The molecule has 1 saturated heterocycles. The molecule has 0 aliphatic carbocycles. The Labute approximate surface area is 119 Å². The average molecular weight is 278 g/mol. The number of hydrogen-bond acceptors (Lipinski definition) is 5. The first-order valence-electron chi connectivity index (χ1n) is 7.06. The summed E-state index contributed by atoms with van der Waals surface area (Å²) >= 11 is 0. The first-order chi connectivity index (χ1) is 9.83. The van der Waals surface area contributed by atoms with Gasteiger partial charge in [0, 0.05) is 39.3 Å². The van der Waals surface area contributed by atoms with Gasteiger partial charge in [-0.25, -0.2) is 0 Å². The second-order valence-corrected chi connectivity index (χ2v) is 4.91. The number of aliphatic hydroxyl groups is 1. The highest BCUT2D eigenvalue weighted by Gasteiger charge is 2.15. The summed E-state index contributed by atoms with van der Waals surface area (Å²) in [7, 11) is 0. The zero-order valence-corrected chi connectivity index (χ0v) is 11.7. The largest absolute Gasteiger partial charge is 0.492 e. The van der Waals surface area contributed by atoms with Gasteiger partial charge < -0.3 is 9.84 Å². The molecule has 2 rings (SSSR count). The van der Waals surface area contributed by atoms with E-state index in [0.717, 1.165) is 45.6 Å². The molecule has 1 aromatic carbocycles. The van der Waals surface area contributed by atoms with E-state index in [1.165, 1.54) is 0 Å². The van der Waals surface area contributed by atoms with Gasteiger partial charge in [0.25, 0.3) is 0 Å². The lowest BCUT2D eigenvalue weighted by atomic mass is 10.2. The molecule has 0 unspecified atom stereocenters. The number of aldehydes is 1. The molecule has 5 nitrogen and oxygen atoms in total. The quantitative estimate of drug-likeness (QED) is 0.736. The van der Waals surface area contributed by atoms with Crippen LogP contribution in [0, 0.1) is 0 Å². The van der Waals surface area contributed by atoms with Crippen LogP contribution in [0.1, 0.15) is 10.4 Å². The van der Waals surface area contributed by atoms with Gasteiger partial charge in [-0.05, 0) is 12.1 Å². The maximum absolute atomic E-state index is 10.9. The Morgan fingerprint density at radius 2 is 1.75 bits per heavy atom. The van der Waals surface area contributed by atoms with Crippen LogP contribution in [0.3, 0.4) is 0 Å². The summed E-state index contributed by atoms with van der Waals surface area (Å²) in [6.07, 6.45) is 0.822. The predicted molar refractivity (Wildman–Crippen MR) is 77.3 cm³/mol. The number of rotatable bonds is 7. The SMILES string of the molecule is O=Cc1ccccc1OCCN1CCN(CCO)CC1. The Kier molecular flexibility index (Phi) is 5.98. The molecule has 1 N–H and O–H groups in total. The fourth-order valence-corrected chi connectivity index (χ4v) is 2.37. The van der Waals surface area contributed by atoms with Crippen LogP contribution >= 0.6 is 0 Å². The molecule has 0 amide bonds. The van der Waals surface area contributed by atoms with Crippen molar-refractivity contribution >= 4 is 6.29 Å². The van der Waals surface area contributed by atoms with Crippen LogP contribution < -0.4 is 4.74 Å². The molecule has 0 radical (unpaired) electrons. The number of para-hydroxylation sites is 1. The zero-order chi connectivity index (χ0) is 14.2. The van der Waals surface area contributed by atoms with E-state index in [9.17, 15) is 4.79 Å². The lowest BCUT2D eigenvalue weighted by Crippen LogP contribution is -2.48. The van der Waals surface area contributed by atoms with E-state index in [2.05, 4.69) is 9.80 Å². The van der Waals surface area contributed by atoms with Gasteiger partial charge in [-0.15, -0.1) is 0 Å². The van der Waals surface area contributed by atoms with Crippen molar-refractivity contribution in [2.75, 3.05) is 52.5 Å². The van der Waals surface area contributed by atoms with Crippen molar-refractivity contribution in [1.29, 1.82) is 0 Å². The molecule has 0 spiro atoms. The van der Waals surface area contributed by atoms with E-state index in [1.54, 1.807) is 6.07 Å². The lowest BCUT2D eigenvalue weighted by molar-refractivity contribution is 0.101. The zero-order valence-electron chi connectivity index (χ0n) is 11.7. The maximum atomic E-state index is 10.9. The highest BCUT2D eigenvalue weighted by molar-refractivity contribution is 5.79. The van der Waals surface area contributed by atoms with Gasteiger partial charge in [0.05, 0.1) is 12.2 Å². The van der Waals surface area contributed by atoms with Gasteiger partial charge in [-0.1, -0.05) is 12.1 Å². The minimum Gasteiger partial charge on any atom is -0.492 e. The van der Waals surface area contributed by atoms with E-state index >= 15 is 0 Å². The van der Waals surface area contributed by atoms with E-state index in [-0.39, 0.29) is 6.61 Å². The number of carbonyl (C=O) groups is 1. The molecule has 0 aromatic heterocycles. The van der Waals surface area contributed by atoms with Crippen LogP contribution in [0.15, 0.2) is 24.3 Å². The van der Waals surface area contributed by atoms with Gasteiger partial charge in [-0.2, -0.15) is 0 Å². The summed E-state index contributed by atoms with van der Waals surface area (Å²) < 4.78 is 5.68. The third-order valence-electron chi connectivity index (χ3n) is 3.59. The van der Waals surface area contributed by atoms with Gasteiger partial charge in [0.15, 0.2) is 6.29 Å². The number of nitrogens with zero attached hydrogens (tertiary/aromatic N) is 2. The molecule has 0 atom stereocenters. The van der Waals surface area contributed by atoms with Crippen molar-refractivity contribution in [2.45, 2.75) is 0 Å². The van der Waals surface area contributed by atoms with Gasteiger partial charge in [-0.3, -0.25) is 14.6 Å². The van der Waals surface area contributed by atoms with Crippen LogP contribution in [0.5, 0.6) is 5.75 Å². The van der Waals surface area contributed by atoms with E-state index in [0.29, 0.717) is 17.9 Å². The molecule has 1 aliphatic rings. The topological polar surface area (TPSA) is 53.0 Å². The summed E-state index contributed by atoms with van der Waals surface area (Å²) in [5.74, 6) is 0.654. The maximum Gasteiger partial charge on any atom is 0.153 e. The second-order valence-electron chi connectivity index (χ2n) is 4.91. The van der Waals surface area contributed by atoms with Crippen molar-refractivity contribution in [3.63, 3.8) is 0 Å². The Morgan fingerprint density at radius 1 is 1.10 bits per heavy atom. The molecular weight excluding hydrogens is 256 g/mol. The third kappa shape index (κ3) is 4.30. The van der Waals surface area contributed by atoms with Crippen molar-refractivity contribution < 1.29 is 14.6 Å². The molecule has 1 aromatic rings. The smallest absolute Gasteiger partial charge is 0.153 e. The van der Waals surface area contributed by atoms with Crippen molar-refractivity contribution in [2.24, 2.45) is 0 Å². The fourth-order valence-electron chi connectivity index (χ4n) is 2.37. The molecular formula is C15H22N2O3. The fraction of sp³-hybridized carbons (Fsp3) is 0.533. The van der Waals surface area contributed by atoms with Crippen LogP contribution in [-0.4, -0.2) is 73.7 Å². The van der Waals surface area contributed by atoms with Crippen LogP contribution in [-0.2, 0) is 0 Å². The van der Waals surface area contributed by atoms with E-state index in [1.807, 2.05) is 18.2 Å².